The molecule has 1 atom stereocenters. The summed E-state index contributed by atoms with van der Waals surface area (Å²) in [6.45, 7) is 9.28. The van der Waals surface area contributed by atoms with Crippen LogP contribution in [0.5, 0.6) is 0 Å². The molecule has 0 aliphatic carbocycles. The Hall–Kier alpha value is -3.06. The molecule has 0 bridgehead atoms. The van der Waals surface area contributed by atoms with E-state index < -0.39 is 0 Å². The van der Waals surface area contributed by atoms with Crippen LogP contribution in [0.1, 0.15) is 50.3 Å². The highest BCUT2D eigenvalue weighted by molar-refractivity contribution is 7.80. The van der Waals surface area contributed by atoms with E-state index in [9.17, 15) is 4.39 Å². The average molecular weight is 451 g/mol. The minimum Gasteiger partial charge on any atom is -0.351 e. The molecule has 32 heavy (non-hydrogen) atoms. The number of rotatable bonds is 6. The SMILES string of the molecule is CC1=C(c2nc(-c3cccc(F)c3)no2)C(c2ccc(C)cc2)NC(=S)N1CCC(C)C. The van der Waals surface area contributed by atoms with Crippen molar-refractivity contribution in [2.75, 3.05) is 6.54 Å². The van der Waals surface area contributed by atoms with Gasteiger partial charge in [-0.05, 0) is 56.1 Å². The van der Waals surface area contributed by atoms with Crippen LogP contribution in [0.25, 0.3) is 17.0 Å². The van der Waals surface area contributed by atoms with Gasteiger partial charge in [0.2, 0.25) is 5.82 Å². The van der Waals surface area contributed by atoms with Crippen molar-refractivity contribution in [2.45, 2.75) is 40.2 Å². The van der Waals surface area contributed by atoms with E-state index in [1.54, 1.807) is 12.1 Å². The van der Waals surface area contributed by atoms with Crippen molar-refractivity contribution >= 4 is 22.9 Å². The molecule has 2 heterocycles. The number of benzene rings is 2. The predicted octanol–water partition coefficient (Wildman–Crippen LogP) is 5.89. The van der Waals surface area contributed by atoms with Crippen molar-refractivity contribution in [3.63, 3.8) is 0 Å². The van der Waals surface area contributed by atoms with Gasteiger partial charge in [-0.2, -0.15) is 4.98 Å². The van der Waals surface area contributed by atoms with Gasteiger partial charge in [-0.1, -0.05) is 61.0 Å². The molecule has 0 radical (unpaired) electrons. The Labute approximate surface area is 193 Å². The van der Waals surface area contributed by atoms with Gasteiger partial charge in [0.25, 0.3) is 5.89 Å². The molecule has 2 aromatic carbocycles. The number of allylic oxidation sites excluding steroid dienone is 1. The number of hydrogen-bond acceptors (Lipinski definition) is 4. The lowest BCUT2D eigenvalue weighted by molar-refractivity contribution is 0.390. The van der Waals surface area contributed by atoms with Crippen molar-refractivity contribution in [3.05, 3.63) is 77.1 Å². The van der Waals surface area contributed by atoms with Crippen LogP contribution in [0.2, 0.25) is 0 Å². The Bertz CT molecular complexity index is 1150. The quantitative estimate of drug-likeness (QED) is 0.473. The summed E-state index contributed by atoms with van der Waals surface area (Å²) in [5.74, 6) is 0.958. The van der Waals surface area contributed by atoms with E-state index in [-0.39, 0.29) is 11.9 Å². The molecule has 1 unspecified atom stereocenters. The second-order valence-electron chi connectivity index (χ2n) is 8.56. The van der Waals surface area contributed by atoms with Gasteiger partial charge in [0.1, 0.15) is 5.82 Å². The first-order valence-corrected chi connectivity index (χ1v) is 11.2. The van der Waals surface area contributed by atoms with Crippen molar-refractivity contribution in [1.29, 1.82) is 0 Å². The molecule has 0 saturated heterocycles. The van der Waals surface area contributed by atoms with Crippen molar-refractivity contribution < 1.29 is 8.91 Å². The minimum atomic E-state index is -0.341. The summed E-state index contributed by atoms with van der Waals surface area (Å²) in [6, 6.07) is 14.3. The van der Waals surface area contributed by atoms with Gasteiger partial charge >= 0.3 is 0 Å². The fourth-order valence-electron chi connectivity index (χ4n) is 3.80. The summed E-state index contributed by atoms with van der Waals surface area (Å²) in [5, 5.41) is 8.29. The molecule has 7 heteroatoms. The third-order valence-corrected chi connectivity index (χ3v) is 6.01. The van der Waals surface area contributed by atoms with Gasteiger partial charge in [0.05, 0.1) is 11.6 Å². The smallest absolute Gasteiger partial charge is 0.258 e. The van der Waals surface area contributed by atoms with E-state index in [2.05, 4.69) is 65.4 Å². The Morgan fingerprint density at radius 1 is 1.16 bits per heavy atom. The monoisotopic (exact) mass is 450 g/mol. The number of halogens is 1. The molecule has 0 fully saturated rings. The zero-order valence-electron chi connectivity index (χ0n) is 18.7. The minimum absolute atomic E-state index is 0.223. The third-order valence-electron chi connectivity index (χ3n) is 5.68. The molecule has 0 saturated carbocycles. The zero-order valence-corrected chi connectivity index (χ0v) is 19.5. The maximum absolute atomic E-state index is 13.7. The van der Waals surface area contributed by atoms with Crippen LogP contribution in [0, 0.1) is 18.7 Å². The van der Waals surface area contributed by atoms with Crippen molar-refractivity contribution in [2.24, 2.45) is 5.92 Å². The number of nitrogens with one attached hydrogen (secondary N) is 1. The molecule has 1 N–H and O–H groups in total. The first-order valence-electron chi connectivity index (χ1n) is 10.8. The molecule has 0 spiro atoms. The Morgan fingerprint density at radius 3 is 2.59 bits per heavy atom. The molecule has 3 aromatic rings. The molecule has 1 aromatic heterocycles. The summed E-state index contributed by atoms with van der Waals surface area (Å²) in [7, 11) is 0. The second-order valence-corrected chi connectivity index (χ2v) is 8.95. The fourth-order valence-corrected chi connectivity index (χ4v) is 4.15. The summed E-state index contributed by atoms with van der Waals surface area (Å²) in [6.07, 6.45) is 1.00. The number of hydrogen-bond donors (Lipinski definition) is 1. The van der Waals surface area contributed by atoms with Gasteiger partial charge in [-0.15, -0.1) is 0 Å². The number of thiocarbonyl (C=S) groups is 1. The van der Waals surface area contributed by atoms with Crippen LogP contribution in [0.3, 0.4) is 0 Å². The summed E-state index contributed by atoms with van der Waals surface area (Å²) in [5.41, 5.74) is 4.66. The normalized spacial score (nSPS) is 16.6. The molecule has 1 aliphatic rings. The predicted molar refractivity (Wildman–Crippen MR) is 128 cm³/mol. The number of aryl methyl sites for hydroxylation is 1. The van der Waals surface area contributed by atoms with E-state index in [1.807, 2.05) is 6.92 Å². The maximum Gasteiger partial charge on any atom is 0.258 e. The van der Waals surface area contributed by atoms with E-state index in [1.165, 1.54) is 17.7 Å². The second kappa shape index (κ2) is 9.20. The molecule has 166 valence electrons. The average Bonchev–Trinajstić information content (AvgIpc) is 3.23. The Morgan fingerprint density at radius 2 is 1.91 bits per heavy atom. The Balaban J connectivity index is 1.79. The van der Waals surface area contributed by atoms with E-state index in [0.29, 0.717) is 28.3 Å². The van der Waals surface area contributed by atoms with Crippen LogP contribution < -0.4 is 5.32 Å². The molecule has 0 amide bonds. The van der Waals surface area contributed by atoms with Gasteiger partial charge in [0, 0.05) is 17.8 Å². The zero-order chi connectivity index (χ0) is 22.8. The highest BCUT2D eigenvalue weighted by atomic mass is 32.1. The van der Waals surface area contributed by atoms with Crippen LogP contribution in [-0.4, -0.2) is 26.7 Å². The van der Waals surface area contributed by atoms with Crippen LogP contribution in [-0.2, 0) is 0 Å². The van der Waals surface area contributed by atoms with E-state index in [4.69, 9.17) is 16.7 Å². The number of nitrogens with zero attached hydrogens (tertiary/aromatic N) is 3. The highest BCUT2D eigenvalue weighted by Crippen LogP contribution is 2.37. The van der Waals surface area contributed by atoms with E-state index >= 15 is 0 Å². The van der Waals surface area contributed by atoms with Crippen molar-refractivity contribution in [3.8, 4) is 11.4 Å². The van der Waals surface area contributed by atoms with Gasteiger partial charge in [-0.3, -0.25) is 0 Å². The molecular formula is C25H27FN4OS. The van der Waals surface area contributed by atoms with Gasteiger partial charge < -0.3 is 14.7 Å². The summed E-state index contributed by atoms with van der Waals surface area (Å²) >= 11 is 5.73. The van der Waals surface area contributed by atoms with E-state index in [0.717, 1.165) is 29.8 Å². The largest absolute Gasteiger partial charge is 0.351 e. The maximum atomic E-state index is 13.7. The highest BCUT2D eigenvalue weighted by Gasteiger charge is 2.34. The third kappa shape index (κ3) is 4.58. The molecule has 1 aliphatic heterocycles. The van der Waals surface area contributed by atoms with Crippen molar-refractivity contribution in [1.82, 2.24) is 20.4 Å². The lowest BCUT2D eigenvalue weighted by atomic mass is 9.94. The summed E-state index contributed by atoms with van der Waals surface area (Å²) < 4.78 is 19.4. The summed E-state index contributed by atoms with van der Waals surface area (Å²) in [4.78, 5) is 6.73. The van der Waals surface area contributed by atoms with Gasteiger partial charge in [0.15, 0.2) is 5.11 Å². The molecule has 4 rings (SSSR count). The first-order chi connectivity index (χ1) is 15.3. The van der Waals surface area contributed by atoms with Crippen LogP contribution in [0.4, 0.5) is 4.39 Å². The number of aromatic nitrogens is 2. The topological polar surface area (TPSA) is 54.2 Å². The lowest BCUT2D eigenvalue weighted by Crippen LogP contribution is -2.46. The fraction of sp³-hybridized carbons (Fsp3) is 0.320. The molecular weight excluding hydrogens is 423 g/mol. The van der Waals surface area contributed by atoms with Crippen LogP contribution in [0.15, 0.2) is 58.8 Å². The lowest BCUT2D eigenvalue weighted by Gasteiger charge is -2.37. The first kappa shape index (κ1) is 22.1. The standard InChI is InChI=1S/C25H27FN4OS/c1-15(2)12-13-30-17(4)21(22(27-25(30)32)18-10-8-16(3)9-11-18)24-28-23(29-31-24)19-6-5-7-20(26)14-19/h5-11,14-15,22H,12-13H2,1-4H3,(H,27,32). The van der Waals surface area contributed by atoms with Gasteiger partial charge in [-0.25, -0.2) is 4.39 Å². The molecule has 5 nitrogen and oxygen atoms in total. The Kier molecular flexibility index (Phi) is 6.37. The van der Waals surface area contributed by atoms with Crippen LogP contribution >= 0.6 is 12.2 Å².